The van der Waals surface area contributed by atoms with Gasteiger partial charge in [-0.05, 0) is 26.0 Å². The molecule has 20 heavy (non-hydrogen) atoms. The highest BCUT2D eigenvalue weighted by molar-refractivity contribution is 6.05. The largest absolute Gasteiger partial charge is 0.462 e. The zero-order valence-electron chi connectivity index (χ0n) is 11.4. The first-order valence-corrected chi connectivity index (χ1v) is 6.22. The van der Waals surface area contributed by atoms with E-state index in [4.69, 9.17) is 14.6 Å². The summed E-state index contributed by atoms with van der Waals surface area (Å²) in [6.07, 6.45) is 0. The van der Waals surface area contributed by atoms with E-state index >= 15 is 0 Å². The van der Waals surface area contributed by atoms with Crippen molar-refractivity contribution in [3.05, 3.63) is 34.9 Å². The maximum Gasteiger partial charge on any atom is 0.340 e. The fourth-order valence-corrected chi connectivity index (χ4v) is 1.59. The summed E-state index contributed by atoms with van der Waals surface area (Å²) in [4.78, 5) is 23.9. The van der Waals surface area contributed by atoms with Crippen LogP contribution >= 0.6 is 0 Å². The topological polar surface area (TPSA) is 72.8 Å². The zero-order valence-corrected chi connectivity index (χ0v) is 11.4. The van der Waals surface area contributed by atoms with E-state index in [-0.39, 0.29) is 30.9 Å². The van der Waals surface area contributed by atoms with Crippen molar-refractivity contribution in [1.82, 2.24) is 0 Å². The third-order valence-electron chi connectivity index (χ3n) is 2.34. The second-order valence-corrected chi connectivity index (χ2v) is 3.63. The van der Waals surface area contributed by atoms with Crippen LogP contribution in [0.1, 0.15) is 40.1 Å². The van der Waals surface area contributed by atoms with Gasteiger partial charge in [0.05, 0.1) is 24.3 Å². The van der Waals surface area contributed by atoms with Gasteiger partial charge in [0.15, 0.2) is 0 Å². The highest BCUT2D eigenvalue weighted by Crippen LogP contribution is 2.17. The Kier molecular flexibility index (Phi) is 6.27. The van der Waals surface area contributed by atoms with Crippen LogP contribution in [-0.4, -0.2) is 36.9 Å². The quantitative estimate of drug-likeness (QED) is 0.664. The van der Waals surface area contributed by atoms with Crippen LogP contribution in [0.15, 0.2) is 18.2 Å². The van der Waals surface area contributed by atoms with E-state index < -0.39 is 11.9 Å². The molecule has 0 aromatic heterocycles. The van der Waals surface area contributed by atoms with Gasteiger partial charge < -0.3 is 14.6 Å². The van der Waals surface area contributed by atoms with Gasteiger partial charge in [-0.3, -0.25) is 0 Å². The van der Waals surface area contributed by atoms with Gasteiger partial charge >= 0.3 is 11.9 Å². The number of esters is 2. The van der Waals surface area contributed by atoms with Gasteiger partial charge in [0.2, 0.25) is 0 Å². The van der Waals surface area contributed by atoms with Crippen molar-refractivity contribution in [1.29, 1.82) is 0 Å². The molecule has 0 heterocycles. The average molecular weight is 276 g/mol. The third-order valence-corrected chi connectivity index (χ3v) is 2.34. The molecule has 1 aromatic carbocycles. The molecule has 1 aromatic rings. The Hall–Kier alpha value is -2.32. The lowest BCUT2D eigenvalue weighted by atomic mass is 10.0. The van der Waals surface area contributed by atoms with Gasteiger partial charge in [-0.15, -0.1) is 0 Å². The number of hydrogen-bond acceptors (Lipinski definition) is 5. The molecule has 0 spiro atoms. The Labute approximate surface area is 117 Å². The van der Waals surface area contributed by atoms with Crippen LogP contribution in [0.4, 0.5) is 0 Å². The molecule has 0 fully saturated rings. The summed E-state index contributed by atoms with van der Waals surface area (Å²) in [5.41, 5.74) is 0.492. The monoisotopic (exact) mass is 276 g/mol. The summed E-state index contributed by atoms with van der Waals surface area (Å²) in [6, 6.07) is 4.66. The summed E-state index contributed by atoms with van der Waals surface area (Å²) in [7, 11) is 0. The van der Waals surface area contributed by atoms with Crippen molar-refractivity contribution in [2.24, 2.45) is 0 Å². The van der Waals surface area contributed by atoms with Gasteiger partial charge in [0, 0.05) is 5.56 Å². The van der Waals surface area contributed by atoms with Gasteiger partial charge in [-0.25, -0.2) is 9.59 Å². The predicted molar refractivity (Wildman–Crippen MR) is 72.3 cm³/mol. The molecular weight excluding hydrogens is 260 g/mol. The number of ether oxygens (including phenoxy) is 2. The molecule has 1 rings (SSSR count). The minimum atomic E-state index is -0.640. The molecule has 0 radical (unpaired) electrons. The van der Waals surface area contributed by atoms with E-state index in [0.717, 1.165) is 0 Å². The number of aliphatic hydroxyl groups is 1. The second-order valence-electron chi connectivity index (χ2n) is 3.63. The van der Waals surface area contributed by atoms with Crippen molar-refractivity contribution in [3.63, 3.8) is 0 Å². The number of benzene rings is 1. The van der Waals surface area contributed by atoms with Crippen molar-refractivity contribution >= 4 is 11.9 Å². The highest BCUT2D eigenvalue weighted by atomic mass is 16.5. The lowest BCUT2D eigenvalue weighted by Crippen LogP contribution is -2.15. The Balaban J connectivity index is 3.35. The number of aliphatic hydroxyl groups excluding tert-OH is 1. The molecule has 0 aliphatic carbocycles. The molecule has 5 nitrogen and oxygen atoms in total. The lowest BCUT2D eigenvalue weighted by Gasteiger charge is -2.10. The summed E-state index contributed by atoms with van der Waals surface area (Å²) < 4.78 is 9.85. The van der Waals surface area contributed by atoms with Crippen LogP contribution in [0.25, 0.3) is 0 Å². The fourth-order valence-electron chi connectivity index (χ4n) is 1.59. The smallest absolute Gasteiger partial charge is 0.340 e. The number of carbonyl (C=O) groups excluding carboxylic acids is 2. The zero-order chi connectivity index (χ0) is 15.0. The third kappa shape index (κ3) is 3.84. The summed E-state index contributed by atoms with van der Waals surface area (Å²) in [5.74, 6) is 3.83. The maximum atomic E-state index is 12.0. The maximum absolute atomic E-state index is 12.0. The van der Waals surface area contributed by atoms with Crippen molar-refractivity contribution in [2.45, 2.75) is 13.8 Å². The molecule has 0 amide bonds. The first-order valence-electron chi connectivity index (χ1n) is 6.22. The molecule has 0 atom stereocenters. The van der Waals surface area contributed by atoms with Crippen LogP contribution in [0, 0.1) is 11.8 Å². The van der Waals surface area contributed by atoms with E-state index in [0.29, 0.717) is 5.56 Å². The van der Waals surface area contributed by atoms with Gasteiger partial charge in [-0.2, -0.15) is 0 Å². The minimum absolute atomic E-state index is 0.0637. The molecule has 0 aliphatic rings. The van der Waals surface area contributed by atoms with Gasteiger partial charge in [-0.1, -0.05) is 17.9 Å². The molecule has 0 saturated heterocycles. The summed E-state index contributed by atoms with van der Waals surface area (Å²) >= 11 is 0. The molecule has 1 N–H and O–H groups in total. The predicted octanol–water partition coefficient (Wildman–Crippen LogP) is 1.38. The molecule has 5 heteroatoms. The number of hydrogen-bond donors (Lipinski definition) is 1. The molecule has 0 unspecified atom stereocenters. The summed E-state index contributed by atoms with van der Waals surface area (Å²) in [6.45, 7) is 3.39. The van der Waals surface area contributed by atoms with E-state index in [2.05, 4.69) is 11.8 Å². The average Bonchev–Trinajstić information content (AvgIpc) is 2.45. The van der Waals surface area contributed by atoms with E-state index in [9.17, 15) is 9.59 Å². The number of rotatable bonds is 4. The minimum Gasteiger partial charge on any atom is -0.462 e. The highest BCUT2D eigenvalue weighted by Gasteiger charge is 2.22. The second kappa shape index (κ2) is 7.97. The normalized spacial score (nSPS) is 9.35. The molecule has 0 saturated carbocycles. The van der Waals surface area contributed by atoms with Crippen LogP contribution in [0.2, 0.25) is 0 Å². The Bertz CT molecular complexity index is 551. The van der Waals surface area contributed by atoms with Crippen molar-refractivity contribution in [3.8, 4) is 11.8 Å². The Morgan fingerprint density at radius 1 is 1.15 bits per heavy atom. The Morgan fingerprint density at radius 3 is 2.40 bits per heavy atom. The standard InChI is InChI=1S/C15H16O5/c1-3-19-14(17)12-9-5-7-11(8-6-10-16)13(12)15(18)20-4-2/h5,7,9,16H,3-4,10H2,1-2H3. The van der Waals surface area contributed by atoms with Gasteiger partial charge in [0.1, 0.15) is 6.61 Å². The van der Waals surface area contributed by atoms with E-state index in [1.165, 1.54) is 6.07 Å². The van der Waals surface area contributed by atoms with Crippen LogP contribution < -0.4 is 0 Å². The van der Waals surface area contributed by atoms with Crippen LogP contribution in [0.5, 0.6) is 0 Å². The van der Waals surface area contributed by atoms with Crippen molar-refractivity contribution < 1.29 is 24.2 Å². The first kappa shape index (κ1) is 15.7. The SMILES string of the molecule is CCOC(=O)c1cccc(C#CCO)c1C(=O)OCC. The van der Waals surface area contributed by atoms with Crippen molar-refractivity contribution in [2.75, 3.05) is 19.8 Å². The fraction of sp³-hybridized carbons (Fsp3) is 0.333. The molecule has 0 bridgehead atoms. The van der Waals surface area contributed by atoms with E-state index in [1.54, 1.807) is 26.0 Å². The summed E-state index contributed by atoms with van der Waals surface area (Å²) in [5, 5.41) is 8.74. The van der Waals surface area contributed by atoms with Crippen LogP contribution in [0.3, 0.4) is 0 Å². The first-order chi connectivity index (χ1) is 9.65. The van der Waals surface area contributed by atoms with Crippen LogP contribution in [-0.2, 0) is 9.47 Å². The molecule has 0 aliphatic heterocycles. The van der Waals surface area contributed by atoms with Gasteiger partial charge in [0.25, 0.3) is 0 Å². The lowest BCUT2D eigenvalue weighted by molar-refractivity contribution is 0.0478. The van der Waals surface area contributed by atoms with E-state index in [1.807, 2.05) is 0 Å². The molecule has 106 valence electrons. The Morgan fingerprint density at radius 2 is 1.80 bits per heavy atom. The number of carbonyl (C=O) groups is 2. The molecular formula is C15H16O5.